The summed E-state index contributed by atoms with van der Waals surface area (Å²) in [5.41, 5.74) is 2.22. The summed E-state index contributed by atoms with van der Waals surface area (Å²) < 4.78 is 5.60. The molecular weight excluding hydrogens is 204 g/mol. The third-order valence-corrected chi connectivity index (χ3v) is 3.12. The van der Waals surface area contributed by atoms with Gasteiger partial charge in [0, 0.05) is 23.3 Å². The van der Waals surface area contributed by atoms with Crippen LogP contribution in [0, 0.1) is 0 Å². The van der Waals surface area contributed by atoms with E-state index in [4.69, 9.17) is 0 Å². The normalized spacial score (nSPS) is 10.7. The number of nitrogens with zero attached hydrogens (tertiary/aromatic N) is 2. The van der Waals surface area contributed by atoms with Crippen molar-refractivity contribution in [2.24, 2.45) is 0 Å². The molecule has 0 radical (unpaired) electrons. The average Bonchev–Trinajstić information content (AvgIpc) is 2.74. The first-order chi connectivity index (χ1) is 7.45. The molecule has 2 aromatic heterocycles. The Morgan fingerprint density at radius 2 is 1.87 bits per heavy atom. The summed E-state index contributed by atoms with van der Waals surface area (Å²) in [6.45, 7) is 0. The molecule has 0 aliphatic rings. The van der Waals surface area contributed by atoms with E-state index in [9.17, 15) is 0 Å². The molecule has 1 aromatic carbocycles. The van der Waals surface area contributed by atoms with Crippen molar-refractivity contribution in [2.75, 3.05) is 0 Å². The van der Waals surface area contributed by atoms with Crippen molar-refractivity contribution in [3.05, 3.63) is 48.8 Å². The second-order valence-corrected chi connectivity index (χ2v) is 4.07. The topological polar surface area (TPSA) is 25.8 Å². The first kappa shape index (κ1) is 8.56. The molecule has 0 aliphatic heterocycles. The lowest BCUT2D eigenvalue weighted by atomic mass is 10.1. The highest BCUT2D eigenvalue weighted by Gasteiger charge is 2.06. The minimum absolute atomic E-state index is 1.05. The molecule has 3 rings (SSSR count). The predicted molar refractivity (Wildman–Crippen MR) is 62.9 cm³/mol. The molecule has 0 saturated heterocycles. The van der Waals surface area contributed by atoms with E-state index in [0.717, 1.165) is 16.0 Å². The molecule has 0 amide bonds. The summed E-state index contributed by atoms with van der Waals surface area (Å²) in [7, 11) is 0. The van der Waals surface area contributed by atoms with Gasteiger partial charge in [0.15, 0.2) is 0 Å². The van der Waals surface area contributed by atoms with E-state index < -0.39 is 0 Å². The van der Waals surface area contributed by atoms with Crippen molar-refractivity contribution < 1.29 is 0 Å². The van der Waals surface area contributed by atoms with E-state index in [1.165, 1.54) is 16.9 Å². The standard InChI is InChI=1S/C12H8N2S/c1-2-4-9(5-3-1)12-10-6-7-13-8-11(10)15-14-12/h1-8H. The third kappa shape index (κ3) is 1.41. The molecule has 3 heteroatoms. The highest BCUT2D eigenvalue weighted by molar-refractivity contribution is 7.13. The summed E-state index contributed by atoms with van der Waals surface area (Å²) in [6, 6.07) is 12.2. The second-order valence-electron chi connectivity index (χ2n) is 3.27. The lowest BCUT2D eigenvalue weighted by Gasteiger charge is -1.96. The van der Waals surface area contributed by atoms with Gasteiger partial charge in [-0.15, -0.1) is 0 Å². The Balaban J connectivity index is 2.28. The van der Waals surface area contributed by atoms with E-state index in [0.29, 0.717) is 0 Å². The van der Waals surface area contributed by atoms with Crippen LogP contribution in [0.25, 0.3) is 21.3 Å². The maximum atomic E-state index is 4.47. The quantitative estimate of drug-likeness (QED) is 0.618. The van der Waals surface area contributed by atoms with Crippen molar-refractivity contribution in [1.29, 1.82) is 0 Å². The zero-order valence-electron chi connectivity index (χ0n) is 7.92. The fourth-order valence-electron chi connectivity index (χ4n) is 1.60. The minimum Gasteiger partial charge on any atom is -0.263 e. The molecule has 15 heavy (non-hydrogen) atoms. The number of hydrogen-bond acceptors (Lipinski definition) is 3. The van der Waals surface area contributed by atoms with Gasteiger partial charge in [0.05, 0.1) is 10.4 Å². The number of rotatable bonds is 1. The minimum atomic E-state index is 1.05. The Labute approximate surface area is 91.4 Å². The van der Waals surface area contributed by atoms with Crippen LogP contribution in [-0.4, -0.2) is 9.36 Å². The maximum absolute atomic E-state index is 4.47. The van der Waals surface area contributed by atoms with Gasteiger partial charge >= 0.3 is 0 Å². The van der Waals surface area contributed by atoms with Gasteiger partial charge in [0.1, 0.15) is 0 Å². The average molecular weight is 212 g/mol. The first-order valence-corrected chi connectivity index (χ1v) is 5.47. The zero-order valence-corrected chi connectivity index (χ0v) is 8.74. The molecule has 0 spiro atoms. The predicted octanol–water partition coefficient (Wildman–Crippen LogP) is 3.36. The molecular formula is C12H8N2S. The summed E-state index contributed by atoms with van der Waals surface area (Å²) in [5.74, 6) is 0. The third-order valence-electron chi connectivity index (χ3n) is 2.32. The van der Waals surface area contributed by atoms with Crippen molar-refractivity contribution >= 4 is 21.6 Å². The molecule has 2 heterocycles. The van der Waals surface area contributed by atoms with Gasteiger partial charge in [0.2, 0.25) is 0 Å². The molecule has 0 fully saturated rings. The Bertz CT molecular complexity index is 587. The lowest BCUT2D eigenvalue weighted by molar-refractivity contribution is 1.37. The maximum Gasteiger partial charge on any atom is 0.0920 e. The largest absolute Gasteiger partial charge is 0.263 e. The van der Waals surface area contributed by atoms with Gasteiger partial charge in [-0.05, 0) is 17.6 Å². The number of benzene rings is 1. The Morgan fingerprint density at radius 3 is 2.73 bits per heavy atom. The van der Waals surface area contributed by atoms with Crippen LogP contribution in [0.15, 0.2) is 48.8 Å². The molecule has 0 atom stereocenters. The van der Waals surface area contributed by atoms with E-state index in [-0.39, 0.29) is 0 Å². The van der Waals surface area contributed by atoms with Crippen molar-refractivity contribution in [3.8, 4) is 11.3 Å². The molecule has 72 valence electrons. The lowest BCUT2D eigenvalue weighted by Crippen LogP contribution is -1.76. The van der Waals surface area contributed by atoms with Gasteiger partial charge in [-0.2, -0.15) is 4.37 Å². The van der Waals surface area contributed by atoms with Gasteiger partial charge in [-0.1, -0.05) is 30.3 Å². The van der Waals surface area contributed by atoms with E-state index in [1.807, 2.05) is 36.7 Å². The number of aromatic nitrogens is 2. The van der Waals surface area contributed by atoms with Crippen molar-refractivity contribution in [3.63, 3.8) is 0 Å². The van der Waals surface area contributed by atoms with Gasteiger partial charge in [-0.25, -0.2) is 0 Å². The van der Waals surface area contributed by atoms with Crippen molar-refractivity contribution in [2.45, 2.75) is 0 Å². The summed E-state index contributed by atoms with van der Waals surface area (Å²) in [5, 5.41) is 1.18. The fraction of sp³-hybridized carbons (Fsp3) is 0. The molecule has 0 unspecified atom stereocenters. The number of fused-ring (bicyclic) bond motifs is 1. The summed E-state index contributed by atoms with van der Waals surface area (Å²) in [4.78, 5) is 4.09. The van der Waals surface area contributed by atoms with Crippen LogP contribution in [-0.2, 0) is 0 Å². The molecule has 3 aromatic rings. The Morgan fingerprint density at radius 1 is 1.00 bits per heavy atom. The summed E-state index contributed by atoms with van der Waals surface area (Å²) >= 11 is 1.50. The Kier molecular flexibility index (Phi) is 1.96. The van der Waals surface area contributed by atoms with Crippen LogP contribution in [0.2, 0.25) is 0 Å². The SMILES string of the molecule is c1ccc(-c2nsc3cnccc23)cc1. The van der Waals surface area contributed by atoms with Crippen LogP contribution in [0.3, 0.4) is 0 Å². The second kappa shape index (κ2) is 3.44. The van der Waals surface area contributed by atoms with Crippen LogP contribution in [0.4, 0.5) is 0 Å². The number of pyridine rings is 1. The number of hydrogen-bond donors (Lipinski definition) is 0. The molecule has 0 bridgehead atoms. The zero-order chi connectivity index (χ0) is 10.1. The smallest absolute Gasteiger partial charge is 0.0920 e. The van der Waals surface area contributed by atoms with Crippen LogP contribution in [0.1, 0.15) is 0 Å². The van der Waals surface area contributed by atoms with E-state index in [1.54, 1.807) is 0 Å². The summed E-state index contributed by atoms with van der Waals surface area (Å²) in [6.07, 6.45) is 3.67. The highest BCUT2D eigenvalue weighted by Crippen LogP contribution is 2.29. The fourth-order valence-corrected chi connectivity index (χ4v) is 2.36. The van der Waals surface area contributed by atoms with E-state index >= 15 is 0 Å². The Hall–Kier alpha value is -1.74. The van der Waals surface area contributed by atoms with Crippen LogP contribution < -0.4 is 0 Å². The van der Waals surface area contributed by atoms with Crippen LogP contribution >= 0.6 is 11.5 Å². The molecule has 0 aliphatic carbocycles. The van der Waals surface area contributed by atoms with Gasteiger partial charge < -0.3 is 0 Å². The van der Waals surface area contributed by atoms with Crippen LogP contribution in [0.5, 0.6) is 0 Å². The van der Waals surface area contributed by atoms with Gasteiger partial charge in [-0.3, -0.25) is 4.98 Å². The van der Waals surface area contributed by atoms with Crippen molar-refractivity contribution in [1.82, 2.24) is 9.36 Å². The van der Waals surface area contributed by atoms with Gasteiger partial charge in [0.25, 0.3) is 0 Å². The first-order valence-electron chi connectivity index (χ1n) is 4.70. The molecule has 0 N–H and O–H groups in total. The monoisotopic (exact) mass is 212 g/mol. The molecule has 2 nitrogen and oxygen atoms in total. The molecule has 0 saturated carbocycles. The van der Waals surface area contributed by atoms with E-state index in [2.05, 4.69) is 21.5 Å². The highest BCUT2D eigenvalue weighted by atomic mass is 32.1.